The summed E-state index contributed by atoms with van der Waals surface area (Å²) in [5, 5.41) is 0. The van der Waals surface area contributed by atoms with E-state index in [1.807, 2.05) is 31.2 Å². The van der Waals surface area contributed by atoms with Crippen LogP contribution in [0.5, 0.6) is 5.75 Å². The molecule has 0 aromatic heterocycles. The fraction of sp³-hybridized carbons (Fsp3) is 0.500. The summed E-state index contributed by atoms with van der Waals surface area (Å²) in [6, 6.07) is 7.84. The second-order valence-electron chi connectivity index (χ2n) is 4.12. The summed E-state index contributed by atoms with van der Waals surface area (Å²) in [4.78, 5) is 11.2. The predicted octanol–water partition coefficient (Wildman–Crippen LogP) is 3.11. The summed E-state index contributed by atoms with van der Waals surface area (Å²) in [5.74, 6) is 0.577. The van der Waals surface area contributed by atoms with Crippen molar-refractivity contribution in [3.05, 3.63) is 29.8 Å². The van der Waals surface area contributed by atoms with Gasteiger partial charge in [0.1, 0.15) is 11.9 Å². The van der Waals surface area contributed by atoms with Crippen molar-refractivity contribution in [3.8, 4) is 5.75 Å². The lowest BCUT2D eigenvalue weighted by Gasteiger charge is -2.17. The van der Waals surface area contributed by atoms with Crippen LogP contribution in [0, 0.1) is 6.92 Å². The van der Waals surface area contributed by atoms with E-state index in [4.69, 9.17) is 4.74 Å². The van der Waals surface area contributed by atoms with Crippen molar-refractivity contribution in [2.45, 2.75) is 39.2 Å². The van der Waals surface area contributed by atoms with Crippen molar-refractivity contribution in [3.63, 3.8) is 0 Å². The van der Waals surface area contributed by atoms with E-state index >= 15 is 0 Å². The van der Waals surface area contributed by atoms with Gasteiger partial charge in [0.05, 0.1) is 13.5 Å². The lowest BCUT2D eigenvalue weighted by atomic mass is 10.1. The molecule has 1 aromatic carbocycles. The molecular formula is C14H20O3. The first-order chi connectivity index (χ1) is 8.15. The highest BCUT2D eigenvalue weighted by Crippen LogP contribution is 2.17. The van der Waals surface area contributed by atoms with Gasteiger partial charge in [-0.3, -0.25) is 4.79 Å². The minimum absolute atomic E-state index is 0.102. The highest BCUT2D eigenvalue weighted by Gasteiger charge is 2.15. The summed E-state index contributed by atoms with van der Waals surface area (Å²) in [6.07, 6.45) is 2.03. The molecule has 0 fully saturated rings. The van der Waals surface area contributed by atoms with E-state index in [2.05, 4.69) is 11.7 Å². The van der Waals surface area contributed by atoms with E-state index in [9.17, 15) is 4.79 Å². The zero-order chi connectivity index (χ0) is 12.7. The van der Waals surface area contributed by atoms with Crippen molar-refractivity contribution in [2.75, 3.05) is 7.11 Å². The SMILES string of the molecule is CCCC(CC(=O)OC)Oc1ccc(C)cc1. The van der Waals surface area contributed by atoms with Crippen LogP contribution in [0.4, 0.5) is 0 Å². The highest BCUT2D eigenvalue weighted by atomic mass is 16.5. The zero-order valence-electron chi connectivity index (χ0n) is 10.7. The van der Waals surface area contributed by atoms with Crippen LogP contribution in [-0.2, 0) is 9.53 Å². The van der Waals surface area contributed by atoms with Gasteiger partial charge in [0.25, 0.3) is 0 Å². The number of methoxy groups -OCH3 is 1. The van der Waals surface area contributed by atoms with Gasteiger partial charge in [-0.25, -0.2) is 0 Å². The Labute approximate surface area is 103 Å². The largest absolute Gasteiger partial charge is 0.490 e. The molecule has 0 spiro atoms. The van der Waals surface area contributed by atoms with Gasteiger partial charge >= 0.3 is 5.97 Å². The third-order valence-electron chi connectivity index (χ3n) is 2.56. The van der Waals surface area contributed by atoms with Gasteiger partial charge in [-0.1, -0.05) is 31.0 Å². The van der Waals surface area contributed by atoms with E-state index in [0.29, 0.717) is 6.42 Å². The molecule has 1 aromatic rings. The van der Waals surface area contributed by atoms with Gasteiger partial charge in [-0.15, -0.1) is 0 Å². The number of aryl methyl sites for hydroxylation is 1. The Hall–Kier alpha value is -1.51. The summed E-state index contributed by atoms with van der Waals surface area (Å²) in [6.45, 7) is 4.10. The Balaban J connectivity index is 2.59. The van der Waals surface area contributed by atoms with Gasteiger partial charge in [-0.2, -0.15) is 0 Å². The first-order valence-corrected chi connectivity index (χ1v) is 5.95. The topological polar surface area (TPSA) is 35.5 Å². The van der Waals surface area contributed by atoms with E-state index in [1.165, 1.54) is 12.7 Å². The van der Waals surface area contributed by atoms with Crippen molar-refractivity contribution in [2.24, 2.45) is 0 Å². The Morgan fingerprint density at radius 1 is 1.29 bits per heavy atom. The molecule has 0 aliphatic heterocycles. The van der Waals surface area contributed by atoms with Crippen molar-refractivity contribution in [1.82, 2.24) is 0 Å². The number of hydrogen-bond acceptors (Lipinski definition) is 3. The molecule has 0 N–H and O–H groups in total. The van der Waals surface area contributed by atoms with Gasteiger partial charge in [0, 0.05) is 0 Å². The summed E-state index contributed by atoms with van der Waals surface area (Å²) >= 11 is 0. The molecular weight excluding hydrogens is 216 g/mol. The van der Waals surface area contributed by atoms with Crippen LogP contribution >= 0.6 is 0 Å². The molecule has 1 unspecified atom stereocenters. The van der Waals surface area contributed by atoms with Gasteiger partial charge < -0.3 is 9.47 Å². The maximum Gasteiger partial charge on any atom is 0.309 e. The molecule has 0 aliphatic rings. The number of esters is 1. The number of hydrogen-bond donors (Lipinski definition) is 0. The molecule has 0 saturated heterocycles. The van der Waals surface area contributed by atoms with Crippen molar-refractivity contribution >= 4 is 5.97 Å². The van der Waals surface area contributed by atoms with Crippen LogP contribution in [-0.4, -0.2) is 19.2 Å². The average Bonchev–Trinajstić information content (AvgIpc) is 2.32. The molecule has 3 heteroatoms. The first kappa shape index (κ1) is 13.6. The summed E-state index contributed by atoms with van der Waals surface area (Å²) in [7, 11) is 1.40. The van der Waals surface area contributed by atoms with Gasteiger partial charge in [0.2, 0.25) is 0 Å². The van der Waals surface area contributed by atoms with Crippen molar-refractivity contribution in [1.29, 1.82) is 0 Å². The van der Waals surface area contributed by atoms with E-state index < -0.39 is 0 Å². The van der Waals surface area contributed by atoms with Crippen LogP contribution in [0.1, 0.15) is 31.7 Å². The second-order valence-corrected chi connectivity index (χ2v) is 4.12. The molecule has 1 atom stereocenters. The van der Waals surface area contributed by atoms with E-state index in [1.54, 1.807) is 0 Å². The van der Waals surface area contributed by atoms with E-state index in [-0.39, 0.29) is 12.1 Å². The quantitative estimate of drug-likeness (QED) is 0.712. The number of ether oxygens (including phenoxy) is 2. The molecule has 17 heavy (non-hydrogen) atoms. The Bertz CT molecular complexity index is 343. The fourth-order valence-electron chi connectivity index (χ4n) is 1.60. The van der Waals surface area contributed by atoms with Crippen molar-refractivity contribution < 1.29 is 14.3 Å². The zero-order valence-corrected chi connectivity index (χ0v) is 10.7. The summed E-state index contributed by atoms with van der Waals surface area (Å²) in [5.41, 5.74) is 1.19. The molecule has 0 bridgehead atoms. The second kappa shape index (κ2) is 6.94. The van der Waals surface area contributed by atoms with Crippen LogP contribution < -0.4 is 4.74 Å². The van der Waals surface area contributed by atoms with Crippen LogP contribution in [0.3, 0.4) is 0 Å². The smallest absolute Gasteiger partial charge is 0.309 e. The molecule has 0 saturated carbocycles. The first-order valence-electron chi connectivity index (χ1n) is 5.95. The van der Waals surface area contributed by atoms with E-state index in [0.717, 1.165) is 18.6 Å². The monoisotopic (exact) mass is 236 g/mol. The third kappa shape index (κ3) is 4.89. The Kier molecular flexibility index (Phi) is 5.53. The number of carbonyl (C=O) groups is 1. The lowest BCUT2D eigenvalue weighted by molar-refractivity contribution is -0.142. The highest BCUT2D eigenvalue weighted by molar-refractivity contribution is 5.69. The number of benzene rings is 1. The molecule has 1 rings (SSSR count). The molecule has 0 heterocycles. The van der Waals surface area contributed by atoms with Crippen LogP contribution in [0.2, 0.25) is 0 Å². The normalized spacial score (nSPS) is 11.9. The number of carbonyl (C=O) groups excluding carboxylic acids is 1. The molecule has 0 amide bonds. The van der Waals surface area contributed by atoms with Gasteiger partial charge in [-0.05, 0) is 25.5 Å². The summed E-state index contributed by atoms with van der Waals surface area (Å²) < 4.78 is 10.4. The number of rotatable bonds is 6. The minimum atomic E-state index is -0.226. The minimum Gasteiger partial charge on any atom is -0.490 e. The third-order valence-corrected chi connectivity index (χ3v) is 2.56. The maximum atomic E-state index is 11.2. The fourth-order valence-corrected chi connectivity index (χ4v) is 1.60. The van der Waals surface area contributed by atoms with Crippen LogP contribution in [0.15, 0.2) is 24.3 Å². The molecule has 0 radical (unpaired) electrons. The lowest BCUT2D eigenvalue weighted by Crippen LogP contribution is -2.21. The molecule has 94 valence electrons. The molecule has 0 aliphatic carbocycles. The van der Waals surface area contributed by atoms with Gasteiger partial charge in [0.15, 0.2) is 0 Å². The standard InChI is InChI=1S/C14H20O3/c1-4-5-13(10-14(15)16-3)17-12-8-6-11(2)7-9-12/h6-9,13H,4-5,10H2,1-3H3. The average molecular weight is 236 g/mol. The molecule has 3 nitrogen and oxygen atoms in total. The Morgan fingerprint density at radius 2 is 1.94 bits per heavy atom. The predicted molar refractivity (Wildman–Crippen MR) is 67.1 cm³/mol. The Morgan fingerprint density at radius 3 is 2.47 bits per heavy atom. The maximum absolute atomic E-state index is 11.2. The van der Waals surface area contributed by atoms with Crippen LogP contribution in [0.25, 0.3) is 0 Å².